The molecule has 8 heteroatoms. The lowest BCUT2D eigenvalue weighted by molar-refractivity contribution is -0.137. The van der Waals surface area contributed by atoms with Crippen molar-refractivity contribution in [2.45, 2.75) is 19.4 Å². The van der Waals surface area contributed by atoms with E-state index in [4.69, 9.17) is 5.11 Å². The van der Waals surface area contributed by atoms with Crippen molar-refractivity contribution in [2.24, 2.45) is 0 Å². The second-order valence-corrected chi connectivity index (χ2v) is 7.06. The maximum absolute atomic E-state index is 12.3. The molecule has 0 radical (unpaired) electrons. The molecule has 124 valence electrons. The third kappa shape index (κ3) is 4.25. The van der Waals surface area contributed by atoms with Crippen LogP contribution in [0, 0.1) is 0 Å². The molecule has 2 aromatic rings. The Bertz CT molecular complexity index is 802. The van der Waals surface area contributed by atoms with Gasteiger partial charge in [-0.25, -0.2) is 0 Å². The van der Waals surface area contributed by atoms with Gasteiger partial charge in [0.2, 0.25) is 0 Å². The molecule has 1 atom stereocenters. The Kier molecular flexibility index (Phi) is 5.30. The average Bonchev–Trinajstić information content (AvgIpc) is 2.51. The summed E-state index contributed by atoms with van der Waals surface area (Å²) in [6.07, 6.45) is 3.14. The van der Waals surface area contributed by atoms with E-state index < -0.39 is 22.2 Å². The Morgan fingerprint density at radius 2 is 2.13 bits per heavy atom. The Balaban J connectivity index is 2.20. The second-order valence-electron chi connectivity index (χ2n) is 5.25. The third-order valence-electron chi connectivity index (χ3n) is 3.56. The molecule has 0 spiro atoms. The van der Waals surface area contributed by atoms with Crippen LogP contribution in [0.5, 0.6) is 0 Å². The minimum absolute atomic E-state index is 0.0865. The number of carboxylic acid groups (broad SMARTS) is 1. The van der Waals surface area contributed by atoms with Gasteiger partial charge in [-0.1, -0.05) is 18.2 Å². The molecule has 1 aromatic carbocycles. The van der Waals surface area contributed by atoms with E-state index in [1.165, 1.54) is 7.05 Å². The quantitative estimate of drug-likeness (QED) is 0.798. The van der Waals surface area contributed by atoms with Gasteiger partial charge in [-0.3, -0.25) is 9.78 Å². The molecule has 2 N–H and O–H groups in total. The van der Waals surface area contributed by atoms with Gasteiger partial charge in [0.25, 0.3) is 10.2 Å². The highest BCUT2D eigenvalue weighted by atomic mass is 32.2. The van der Waals surface area contributed by atoms with Crippen molar-refractivity contribution in [2.75, 3.05) is 13.6 Å². The fourth-order valence-electron chi connectivity index (χ4n) is 2.28. The van der Waals surface area contributed by atoms with Gasteiger partial charge in [0.15, 0.2) is 0 Å². The highest BCUT2D eigenvalue weighted by molar-refractivity contribution is 7.87. The van der Waals surface area contributed by atoms with Gasteiger partial charge in [-0.05, 0) is 23.9 Å². The molecule has 0 aliphatic carbocycles. The van der Waals surface area contributed by atoms with Gasteiger partial charge in [-0.2, -0.15) is 17.4 Å². The molecule has 0 saturated carbocycles. The number of hydrogen-bond donors (Lipinski definition) is 2. The van der Waals surface area contributed by atoms with Crippen LogP contribution in [0.1, 0.15) is 24.9 Å². The molecule has 0 aliphatic rings. The number of pyridine rings is 1. The summed E-state index contributed by atoms with van der Waals surface area (Å²) in [6, 6.07) is 6.99. The largest absolute Gasteiger partial charge is 0.481 e. The van der Waals surface area contributed by atoms with Gasteiger partial charge >= 0.3 is 5.97 Å². The maximum atomic E-state index is 12.3. The van der Waals surface area contributed by atoms with E-state index in [2.05, 4.69) is 9.71 Å². The minimum Gasteiger partial charge on any atom is -0.481 e. The molecule has 2 rings (SSSR count). The lowest BCUT2D eigenvalue weighted by atomic mass is 10.0. The molecule has 1 aromatic heterocycles. The predicted molar refractivity (Wildman–Crippen MR) is 87.1 cm³/mol. The van der Waals surface area contributed by atoms with Crippen molar-refractivity contribution in [1.29, 1.82) is 0 Å². The number of fused-ring (bicyclic) bond motifs is 1. The van der Waals surface area contributed by atoms with Gasteiger partial charge in [0.1, 0.15) is 0 Å². The molecule has 1 heterocycles. The van der Waals surface area contributed by atoms with Gasteiger partial charge in [0.05, 0.1) is 6.42 Å². The average molecular weight is 337 g/mol. The van der Waals surface area contributed by atoms with Crippen molar-refractivity contribution >= 4 is 27.0 Å². The van der Waals surface area contributed by atoms with Crippen LogP contribution in [0.2, 0.25) is 0 Å². The molecule has 0 unspecified atom stereocenters. The predicted octanol–water partition coefficient (Wildman–Crippen LogP) is 1.54. The topological polar surface area (TPSA) is 99.6 Å². The number of rotatable bonds is 7. The highest BCUT2D eigenvalue weighted by Gasteiger charge is 2.22. The van der Waals surface area contributed by atoms with Crippen LogP contribution in [0.15, 0.2) is 36.7 Å². The fraction of sp³-hybridized carbons (Fsp3) is 0.333. The second kappa shape index (κ2) is 7.03. The van der Waals surface area contributed by atoms with Gasteiger partial charge in [0, 0.05) is 37.4 Å². The lowest BCUT2D eigenvalue weighted by Gasteiger charge is -2.21. The van der Waals surface area contributed by atoms with Crippen LogP contribution < -0.4 is 4.72 Å². The van der Waals surface area contributed by atoms with E-state index in [0.29, 0.717) is 0 Å². The zero-order valence-electron chi connectivity index (χ0n) is 12.9. The smallest absolute Gasteiger partial charge is 0.304 e. The summed E-state index contributed by atoms with van der Waals surface area (Å²) >= 11 is 0. The molecule has 0 fully saturated rings. The van der Waals surface area contributed by atoms with E-state index in [0.717, 1.165) is 20.6 Å². The number of carboxylic acids is 1. The first-order valence-electron chi connectivity index (χ1n) is 7.09. The van der Waals surface area contributed by atoms with Crippen LogP contribution in [-0.2, 0) is 15.0 Å². The molecule has 0 aliphatic heterocycles. The standard InChI is InChI=1S/C15H19N3O4S/c1-11(17-23(21,22)18(2)9-7-15(19)20)13-5-3-4-12-10-16-8-6-14(12)13/h3-6,8,10-11,17H,7,9H2,1-2H3,(H,19,20)/t11-/m1/s1. The summed E-state index contributed by atoms with van der Waals surface area (Å²) in [5.74, 6) is -1.04. The number of hydrogen-bond acceptors (Lipinski definition) is 4. The van der Waals surface area contributed by atoms with Crippen molar-refractivity contribution in [1.82, 2.24) is 14.0 Å². The number of nitrogens with one attached hydrogen (secondary N) is 1. The summed E-state index contributed by atoms with van der Waals surface area (Å²) in [7, 11) is -2.42. The zero-order chi connectivity index (χ0) is 17.0. The molecule has 0 bridgehead atoms. The summed E-state index contributed by atoms with van der Waals surface area (Å²) in [4.78, 5) is 14.6. The third-order valence-corrected chi connectivity index (χ3v) is 5.21. The van der Waals surface area contributed by atoms with Gasteiger partial charge in [-0.15, -0.1) is 0 Å². The fourth-order valence-corrected chi connectivity index (χ4v) is 3.36. The van der Waals surface area contributed by atoms with Gasteiger partial charge < -0.3 is 5.11 Å². The highest BCUT2D eigenvalue weighted by Crippen LogP contribution is 2.24. The first-order valence-corrected chi connectivity index (χ1v) is 8.53. The van der Waals surface area contributed by atoms with Crippen molar-refractivity contribution in [3.63, 3.8) is 0 Å². The monoisotopic (exact) mass is 337 g/mol. The number of aliphatic carboxylic acids is 1. The molecule has 0 amide bonds. The Labute approximate surface area is 135 Å². The molecular formula is C15H19N3O4S. The SMILES string of the molecule is C[C@@H](NS(=O)(=O)N(C)CCC(=O)O)c1cccc2cnccc12. The van der Waals surface area contributed by atoms with E-state index in [1.54, 1.807) is 19.3 Å². The van der Waals surface area contributed by atoms with E-state index in [9.17, 15) is 13.2 Å². The van der Waals surface area contributed by atoms with Crippen LogP contribution in [0.25, 0.3) is 10.8 Å². The number of carbonyl (C=O) groups is 1. The Morgan fingerprint density at radius 3 is 2.83 bits per heavy atom. The first kappa shape index (κ1) is 17.3. The number of nitrogens with zero attached hydrogens (tertiary/aromatic N) is 2. The minimum atomic E-state index is -3.77. The molecule has 0 saturated heterocycles. The van der Waals surface area contributed by atoms with Crippen LogP contribution in [0.3, 0.4) is 0 Å². The molecular weight excluding hydrogens is 318 g/mol. The van der Waals surface area contributed by atoms with E-state index >= 15 is 0 Å². The number of aromatic nitrogens is 1. The normalized spacial score (nSPS) is 13.3. The molecule has 7 nitrogen and oxygen atoms in total. The lowest BCUT2D eigenvalue weighted by Crippen LogP contribution is -2.40. The van der Waals surface area contributed by atoms with E-state index in [1.807, 2.05) is 24.3 Å². The summed E-state index contributed by atoms with van der Waals surface area (Å²) < 4.78 is 28.1. The van der Waals surface area contributed by atoms with Crippen LogP contribution >= 0.6 is 0 Å². The summed E-state index contributed by atoms with van der Waals surface area (Å²) in [5.41, 5.74) is 0.833. The summed E-state index contributed by atoms with van der Waals surface area (Å²) in [5, 5.41) is 10.5. The van der Waals surface area contributed by atoms with E-state index in [-0.39, 0.29) is 13.0 Å². The molecule has 23 heavy (non-hydrogen) atoms. The number of benzene rings is 1. The summed E-state index contributed by atoms with van der Waals surface area (Å²) in [6.45, 7) is 1.66. The maximum Gasteiger partial charge on any atom is 0.304 e. The van der Waals surface area contributed by atoms with Crippen molar-refractivity contribution < 1.29 is 18.3 Å². The van der Waals surface area contributed by atoms with Crippen LogP contribution in [0.4, 0.5) is 0 Å². The van der Waals surface area contributed by atoms with Crippen molar-refractivity contribution in [3.8, 4) is 0 Å². The van der Waals surface area contributed by atoms with Crippen LogP contribution in [-0.4, -0.2) is 42.4 Å². The van der Waals surface area contributed by atoms with Crippen molar-refractivity contribution in [3.05, 3.63) is 42.2 Å². The first-order chi connectivity index (χ1) is 10.8. The zero-order valence-corrected chi connectivity index (χ0v) is 13.7. The Hall–Kier alpha value is -2.03. The Morgan fingerprint density at radius 1 is 1.39 bits per heavy atom.